The second-order valence-electron chi connectivity index (χ2n) is 6.27. The molecule has 0 fully saturated rings. The number of carbonyl (C=O) groups excluding carboxylic acids is 1. The summed E-state index contributed by atoms with van der Waals surface area (Å²) in [6.07, 6.45) is 2.30. The zero-order valence-electron chi connectivity index (χ0n) is 13.9. The Morgan fingerprint density at radius 2 is 1.88 bits per heavy atom. The van der Waals surface area contributed by atoms with E-state index in [1.807, 2.05) is 30.3 Å². The molecule has 0 aliphatic carbocycles. The van der Waals surface area contributed by atoms with E-state index in [2.05, 4.69) is 5.32 Å². The Morgan fingerprint density at radius 3 is 2.68 bits per heavy atom. The number of hydrogen-bond acceptors (Lipinski definition) is 3. The maximum atomic E-state index is 12.7. The summed E-state index contributed by atoms with van der Waals surface area (Å²) in [4.78, 5) is 24.9. The summed E-state index contributed by atoms with van der Waals surface area (Å²) >= 11 is 0. The fourth-order valence-electron chi connectivity index (χ4n) is 3.27. The molecule has 5 heteroatoms. The van der Waals surface area contributed by atoms with E-state index in [1.165, 1.54) is 4.57 Å². The van der Waals surface area contributed by atoms with Crippen LogP contribution in [0.5, 0.6) is 5.75 Å². The van der Waals surface area contributed by atoms with Gasteiger partial charge in [-0.25, -0.2) is 0 Å². The molecule has 0 saturated heterocycles. The van der Waals surface area contributed by atoms with E-state index in [9.17, 15) is 9.59 Å². The Bertz CT molecular complexity index is 998. The lowest BCUT2D eigenvalue weighted by molar-refractivity contribution is 0.0934. The summed E-state index contributed by atoms with van der Waals surface area (Å²) < 4.78 is 7.30. The highest BCUT2D eigenvalue weighted by atomic mass is 16.5. The normalized spacial score (nSPS) is 15.6. The van der Waals surface area contributed by atoms with E-state index in [1.54, 1.807) is 31.4 Å². The van der Waals surface area contributed by atoms with Crippen LogP contribution in [0.15, 0.2) is 59.5 Å². The highest BCUT2D eigenvalue weighted by Crippen LogP contribution is 2.27. The van der Waals surface area contributed by atoms with E-state index in [4.69, 9.17) is 4.74 Å². The van der Waals surface area contributed by atoms with E-state index < -0.39 is 0 Å². The first-order valence-corrected chi connectivity index (χ1v) is 8.24. The third-order valence-corrected chi connectivity index (χ3v) is 4.54. The Morgan fingerprint density at radius 1 is 1.16 bits per heavy atom. The highest BCUT2D eigenvalue weighted by Gasteiger charge is 2.23. The van der Waals surface area contributed by atoms with Crippen molar-refractivity contribution in [3.8, 4) is 5.75 Å². The van der Waals surface area contributed by atoms with Crippen LogP contribution in [0, 0.1) is 0 Å². The number of nitrogens with zero attached hydrogens (tertiary/aromatic N) is 1. The number of amides is 1. The van der Waals surface area contributed by atoms with Gasteiger partial charge in [-0.2, -0.15) is 0 Å². The van der Waals surface area contributed by atoms with Gasteiger partial charge in [0.2, 0.25) is 0 Å². The molecule has 126 valence electrons. The van der Waals surface area contributed by atoms with Crippen molar-refractivity contribution in [3.05, 3.63) is 76.2 Å². The molecule has 0 saturated carbocycles. The molecular formula is C20H18N2O3. The van der Waals surface area contributed by atoms with E-state index in [0.29, 0.717) is 22.9 Å². The van der Waals surface area contributed by atoms with Crippen LogP contribution in [0.4, 0.5) is 0 Å². The molecule has 0 radical (unpaired) electrons. The molecule has 3 aromatic rings. The first kappa shape index (κ1) is 15.4. The Labute approximate surface area is 144 Å². The number of hydrogen-bond donors (Lipinski definition) is 1. The van der Waals surface area contributed by atoms with Crippen LogP contribution < -0.4 is 15.6 Å². The minimum absolute atomic E-state index is 0.0693. The minimum Gasteiger partial charge on any atom is -0.488 e. The number of fused-ring (bicyclic) bond motifs is 2. The summed E-state index contributed by atoms with van der Waals surface area (Å²) in [7, 11) is 1.66. The number of pyridine rings is 1. The number of benzene rings is 2. The van der Waals surface area contributed by atoms with E-state index in [-0.39, 0.29) is 17.6 Å². The third kappa shape index (κ3) is 2.78. The fraction of sp³-hybridized carbons (Fsp3) is 0.200. The average Bonchev–Trinajstić information content (AvgIpc) is 3.06. The second kappa shape index (κ2) is 6.09. The van der Waals surface area contributed by atoms with Crippen molar-refractivity contribution in [2.75, 3.05) is 6.54 Å². The molecule has 0 spiro atoms. The molecule has 2 aromatic carbocycles. The number of nitrogens with one attached hydrogen (secondary N) is 1. The smallest absolute Gasteiger partial charge is 0.258 e. The first-order valence-electron chi connectivity index (χ1n) is 8.24. The third-order valence-electron chi connectivity index (χ3n) is 4.54. The SMILES string of the molecule is Cn1cc(C(=O)NCC2Cc3ccccc3O2)c2ccccc2c1=O. The molecule has 2 heterocycles. The van der Waals surface area contributed by atoms with Crippen LogP contribution in [0.3, 0.4) is 0 Å². The van der Waals surface area contributed by atoms with E-state index in [0.717, 1.165) is 17.7 Å². The number of ether oxygens (including phenoxy) is 1. The first-order chi connectivity index (χ1) is 12.1. The Balaban J connectivity index is 1.54. The zero-order valence-corrected chi connectivity index (χ0v) is 13.9. The molecule has 1 atom stereocenters. The van der Waals surface area contributed by atoms with Crippen LogP contribution >= 0.6 is 0 Å². The summed E-state index contributed by atoms with van der Waals surface area (Å²) in [6, 6.07) is 15.1. The summed E-state index contributed by atoms with van der Waals surface area (Å²) in [5.74, 6) is 0.681. The number of carbonyl (C=O) groups is 1. The van der Waals surface area contributed by atoms with Gasteiger partial charge in [0.15, 0.2) is 0 Å². The molecule has 25 heavy (non-hydrogen) atoms. The van der Waals surface area contributed by atoms with Crippen molar-refractivity contribution >= 4 is 16.7 Å². The maximum Gasteiger partial charge on any atom is 0.258 e. The van der Waals surface area contributed by atoms with Gasteiger partial charge in [0, 0.05) is 30.4 Å². The summed E-state index contributed by atoms with van der Waals surface area (Å²) in [5.41, 5.74) is 1.55. The largest absolute Gasteiger partial charge is 0.488 e. The van der Waals surface area contributed by atoms with Crippen LogP contribution in [0.25, 0.3) is 10.8 Å². The van der Waals surface area contributed by atoms with Crippen molar-refractivity contribution in [2.24, 2.45) is 7.05 Å². The van der Waals surface area contributed by atoms with Gasteiger partial charge in [-0.1, -0.05) is 36.4 Å². The van der Waals surface area contributed by atoms with Crippen molar-refractivity contribution in [1.29, 1.82) is 0 Å². The molecular weight excluding hydrogens is 316 g/mol. The molecule has 1 N–H and O–H groups in total. The molecule has 1 amide bonds. The molecule has 5 nitrogen and oxygen atoms in total. The number of aromatic nitrogens is 1. The van der Waals surface area contributed by atoms with Gasteiger partial charge in [0.05, 0.1) is 12.1 Å². The predicted octanol–water partition coefficient (Wildman–Crippen LogP) is 2.27. The topological polar surface area (TPSA) is 60.3 Å². The van der Waals surface area contributed by atoms with Gasteiger partial charge in [-0.15, -0.1) is 0 Å². The summed E-state index contributed by atoms with van der Waals surface area (Å²) in [5, 5.41) is 4.14. The summed E-state index contributed by atoms with van der Waals surface area (Å²) in [6.45, 7) is 0.421. The predicted molar refractivity (Wildman–Crippen MR) is 96.1 cm³/mol. The second-order valence-corrected chi connectivity index (χ2v) is 6.27. The number of rotatable bonds is 3. The molecule has 0 bridgehead atoms. The highest BCUT2D eigenvalue weighted by molar-refractivity contribution is 6.06. The van der Waals surface area contributed by atoms with Crippen LogP contribution in [0.2, 0.25) is 0 Å². The maximum absolute atomic E-state index is 12.7. The molecule has 1 aliphatic rings. The van der Waals surface area contributed by atoms with Crippen LogP contribution in [-0.4, -0.2) is 23.1 Å². The minimum atomic E-state index is -0.202. The van der Waals surface area contributed by atoms with Gasteiger partial charge in [0.25, 0.3) is 11.5 Å². The van der Waals surface area contributed by atoms with Gasteiger partial charge in [0.1, 0.15) is 11.9 Å². The zero-order chi connectivity index (χ0) is 17.4. The van der Waals surface area contributed by atoms with E-state index >= 15 is 0 Å². The van der Waals surface area contributed by atoms with Crippen molar-refractivity contribution < 1.29 is 9.53 Å². The van der Waals surface area contributed by atoms with Gasteiger partial charge < -0.3 is 14.6 Å². The Kier molecular flexibility index (Phi) is 3.76. The van der Waals surface area contributed by atoms with Crippen molar-refractivity contribution in [3.63, 3.8) is 0 Å². The molecule has 1 unspecified atom stereocenters. The average molecular weight is 334 g/mol. The lowest BCUT2D eigenvalue weighted by Gasteiger charge is -2.13. The lowest BCUT2D eigenvalue weighted by Crippen LogP contribution is -2.35. The quantitative estimate of drug-likeness (QED) is 0.799. The van der Waals surface area contributed by atoms with Crippen molar-refractivity contribution in [1.82, 2.24) is 9.88 Å². The van der Waals surface area contributed by atoms with Crippen molar-refractivity contribution in [2.45, 2.75) is 12.5 Å². The van der Waals surface area contributed by atoms with Gasteiger partial charge >= 0.3 is 0 Å². The molecule has 1 aromatic heterocycles. The monoisotopic (exact) mass is 334 g/mol. The standard InChI is InChI=1S/C20H18N2O3/c1-22-12-17(15-7-3-4-8-16(15)20(22)24)19(23)21-11-14-10-13-6-2-5-9-18(13)25-14/h2-9,12,14H,10-11H2,1H3,(H,21,23). The van der Waals surface area contributed by atoms with Gasteiger partial charge in [-0.3, -0.25) is 9.59 Å². The Hall–Kier alpha value is -3.08. The van der Waals surface area contributed by atoms with Gasteiger partial charge in [-0.05, 0) is 17.7 Å². The number of para-hydroxylation sites is 1. The fourth-order valence-corrected chi connectivity index (χ4v) is 3.27. The number of aryl methyl sites for hydroxylation is 1. The lowest BCUT2D eigenvalue weighted by atomic mass is 10.1. The molecule has 4 rings (SSSR count). The van der Waals surface area contributed by atoms with Crippen LogP contribution in [-0.2, 0) is 13.5 Å². The van der Waals surface area contributed by atoms with Crippen LogP contribution in [0.1, 0.15) is 15.9 Å². The molecule has 1 aliphatic heterocycles.